The largest absolute Gasteiger partial charge is 0.438 e. The highest BCUT2D eigenvalue weighted by Gasteiger charge is 2.58. The molecule has 1 aliphatic rings. The van der Waals surface area contributed by atoms with Crippen LogP contribution in [0.1, 0.15) is 65.1 Å². The van der Waals surface area contributed by atoms with E-state index in [1.807, 2.05) is 0 Å². The molecule has 2 rings (SSSR count). The predicted octanol–water partition coefficient (Wildman–Crippen LogP) is 2.74. The fourth-order valence-corrected chi connectivity index (χ4v) is 2.84. The van der Waals surface area contributed by atoms with Gasteiger partial charge >= 0.3 is 17.7 Å². The molecule has 0 fully saturated rings. The molecule has 0 aliphatic carbocycles. The zero-order chi connectivity index (χ0) is 18.0. The molecule has 0 spiro atoms. The number of carbonyl (C=O) groups is 2. The SMILES string of the molecule is CCC(=O)N(C(=O)CC)c1onc2c1[N+](=O)C(CC)[N+](=O)C2CC. The maximum absolute atomic E-state index is 12.7. The molecule has 24 heavy (non-hydrogen) atoms. The molecule has 2 heterocycles. The molecule has 1 aromatic rings. The number of imide groups is 1. The summed E-state index contributed by atoms with van der Waals surface area (Å²) in [4.78, 5) is 50.3. The number of hydrogen-bond donors (Lipinski definition) is 0. The Morgan fingerprint density at radius 3 is 2.12 bits per heavy atom. The zero-order valence-corrected chi connectivity index (χ0v) is 14.3. The molecule has 2 unspecified atom stereocenters. The van der Waals surface area contributed by atoms with Crippen LogP contribution in [0, 0.1) is 9.81 Å². The van der Waals surface area contributed by atoms with Crippen LogP contribution in [0.2, 0.25) is 0 Å². The number of hydrogen-bond acceptors (Lipinski definition) is 6. The normalized spacial score (nSPS) is 20.0. The van der Waals surface area contributed by atoms with Gasteiger partial charge < -0.3 is 4.52 Å². The van der Waals surface area contributed by atoms with Crippen molar-refractivity contribution in [3.63, 3.8) is 0 Å². The van der Waals surface area contributed by atoms with E-state index in [9.17, 15) is 19.4 Å². The standard InChI is InChI=1S/C15H22N4O5/c1-5-9-13-14(19(23)10(6-2)18(9)22)15(24-16-13)17(11(20)7-3)12(21)8-4/h9-10H,5-8H2,1-4H3/q+2. The lowest BCUT2D eigenvalue weighted by Crippen LogP contribution is -2.41. The first kappa shape index (κ1) is 17.9. The molecule has 0 saturated heterocycles. The summed E-state index contributed by atoms with van der Waals surface area (Å²) in [6.07, 6.45) is -0.0895. The van der Waals surface area contributed by atoms with E-state index in [1.165, 1.54) is 0 Å². The van der Waals surface area contributed by atoms with E-state index in [0.29, 0.717) is 15.9 Å². The van der Waals surface area contributed by atoms with E-state index in [0.717, 1.165) is 4.90 Å². The maximum Gasteiger partial charge on any atom is 0.438 e. The van der Waals surface area contributed by atoms with Gasteiger partial charge in [0, 0.05) is 29.1 Å². The lowest BCUT2D eigenvalue weighted by atomic mass is 10.1. The van der Waals surface area contributed by atoms with Crippen molar-refractivity contribution in [3.8, 4) is 0 Å². The molecule has 1 aromatic heterocycles. The van der Waals surface area contributed by atoms with E-state index in [1.54, 1.807) is 27.7 Å². The van der Waals surface area contributed by atoms with Gasteiger partial charge in [0.15, 0.2) is 0 Å². The number of rotatable bonds is 5. The summed E-state index contributed by atoms with van der Waals surface area (Å²) in [6, 6.07) is -0.650. The van der Waals surface area contributed by atoms with Crippen molar-refractivity contribution in [3.05, 3.63) is 15.5 Å². The van der Waals surface area contributed by atoms with E-state index >= 15 is 0 Å². The molecular weight excluding hydrogens is 316 g/mol. The van der Waals surface area contributed by atoms with Gasteiger partial charge in [0.05, 0.1) is 11.2 Å². The van der Waals surface area contributed by atoms with Gasteiger partial charge in [0.2, 0.25) is 17.5 Å². The summed E-state index contributed by atoms with van der Waals surface area (Å²) in [6.45, 7) is 6.74. The number of amides is 2. The topological polar surface area (TPSA) is 104 Å². The molecule has 0 N–H and O–H groups in total. The Bertz CT molecular complexity index is 680. The van der Waals surface area contributed by atoms with Crippen LogP contribution in [-0.2, 0) is 9.59 Å². The number of nitrogens with zero attached hydrogens (tertiary/aromatic N) is 4. The lowest BCUT2D eigenvalue weighted by molar-refractivity contribution is -0.797. The van der Waals surface area contributed by atoms with Gasteiger partial charge in [0.25, 0.3) is 6.04 Å². The highest BCUT2D eigenvalue weighted by molar-refractivity contribution is 6.14. The predicted molar refractivity (Wildman–Crippen MR) is 83.6 cm³/mol. The van der Waals surface area contributed by atoms with Crippen molar-refractivity contribution >= 4 is 23.4 Å². The first-order valence-corrected chi connectivity index (χ1v) is 8.19. The molecule has 2 amide bonds. The maximum atomic E-state index is 12.7. The molecule has 9 nitrogen and oxygen atoms in total. The van der Waals surface area contributed by atoms with Crippen LogP contribution in [0.4, 0.5) is 11.6 Å². The third kappa shape index (κ3) is 2.63. The molecule has 9 heteroatoms. The Labute approximate surface area is 139 Å². The zero-order valence-electron chi connectivity index (χ0n) is 14.3. The number of anilines is 1. The summed E-state index contributed by atoms with van der Waals surface area (Å²) in [5, 5.41) is 3.83. The summed E-state index contributed by atoms with van der Waals surface area (Å²) < 4.78 is 6.40. The van der Waals surface area contributed by atoms with Gasteiger partial charge in [-0.1, -0.05) is 32.9 Å². The summed E-state index contributed by atoms with van der Waals surface area (Å²) >= 11 is 0. The Balaban J connectivity index is 2.64. The molecular formula is C15H22N4O5+2. The second-order valence-electron chi connectivity index (χ2n) is 5.55. The number of nitroso groups, excluding NO2 is 2. The van der Waals surface area contributed by atoms with Gasteiger partial charge in [-0.25, -0.2) is 4.90 Å². The van der Waals surface area contributed by atoms with Gasteiger partial charge in [0.1, 0.15) is 4.76 Å². The van der Waals surface area contributed by atoms with Crippen LogP contribution in [-0.4, -0.2) is 32.7 Å². The highest BCUT2D eigenvalue weighted by atomic mass is 16.5. The summed E-state index contributed by atoms with van der Waals surface area (Å²) in [5.74, 6) is -1.16. The quantitative estimate of drug-likeness (QED) is 0.765. The van der Waals surface area contributed by atoms with Crippen molar-refractivity contribution in [2.24, 2.45) is 0 Å². The summed E-state index contributed by atoms with van der Waals surface area (Å²) in [7, 11) is 0. The monoisotopic (exact) mass is 338 g/mol. The third-order valence-corrected chi connectivity index (χ3v) is 4.14. The molecule has 0 aromatic carbocycles. The average Bonchev–Trinajstić information content (AvgIpc) is 3.00. The van der Waals surface area contributed by atoms with Gasteiger partial charge in [-0.3, -0.25) is 9.59 Å². The Morgan fingerprint density at radius 2 is 1.67 bits per heavy atom. The van der Waals surface area contributed by atoms with Gasteiger partial charge in [-0.2, -0.15) is 0 Å². The van der Waals surface area contributed by atoms with Crippen LogP contribution in [0.3, 0.4) is 0 Å². The number of aromatic nitrogens is 1. The van der Waals surface area contributed by atoms with Crippen molar-refractivity contribution in [1.82, 2.24) is 5.16 Å². The molecule has 0 saturated carbocycles. The first-order chi connectivity index (χ1) is 11.4. The Kier molecular flexibility index (Phi) is 5.20. The van der Waals surface area contributed by atoms with E-state index in [-0.39, 0.29) is 36.5 Å². The molecule has 0 bridgehead atoms. The van der Waals surface area contributed by atoms with Crippen molar-refractivity contribution in [1.29, 1.82) is 0 Å². The van der Waals surface area contributed by atoms with Gasteiger partial charge in [-0.15, -0.1) is 0 Å². The van der Waals surface area contributed by atoms with E-state index in [2.05, 4.69) is 5.16 Å². The second-order valence-corrected chi connectivity index (χ2v) is 5.55. The Morgan fingerprint density at radius 1 is 1.08 bits per heavy atom. The van der Waals surface area contributed by atoms with Crippen LogP contribution in [0.25, 0.3) is 0 Å². The van der Waals surface area contributed by atoms with E-state index < -0.39 is 24.0 Å². The molecule has 0 radical (unpaired) electrons. The minimum Gasteiger partial charge on any atom is -0.329 e. The molecule has 1 aliphatic heterocycles. The number of carbonyl (C=O) groups excluding carboxylic acids is 2. The lowest BCUT2D eigenvalue weighted by Gasteiger charge is -2.16. The van der Waals surface area contributed by atoms with Gasteiger partial charge in [-0.05, 0) is 0 Å². The second kappa shape index (κ2) is 6.98. The highest BCUT2D eigenvalue weighted by Crippen LogP contribution is 2.43. The van der Waals surface area contributed by atoms with Crippen LogP contribution in [0.15, 0.2) is 4.52 Å². The minimum absolute atomic E-state index is 0.00407. The number of fused-ring (bicyclic) bond motifs is 1. The van der Waals surface area contributed by atoms with E-state index in [4.69, 9.17) is 4.52 Å². The first-order valence-electron chi connectivity index (χ1n) is 8.19. The third-order valence-electron chi connectivity index (χ3n) is 4.14. The average molecular weight is 338 g/mol. The van der Waals surface area contributed by atoms with Crippen molar-refractivity contribution in [2.45, 2.75) is 65.6 Å². The fourth-order valence-electron chi connectivity index (χ4n) is 2.84. The van der Waals surface area contributed by atoms with Crippen LogP contribution >= 0.6 is 0 Å². The minimum atomic E-state index is -0.948. The smallest absolute Gasteiger partial charge is 0.329 e. The molecule has 130 valence electrons. The Hall–Kier alpha value is -2.45. The van der Waals surface area contributed by atoms with Crippen molar-refractivity contribution in [2.75, 3.05) is 4.90 Å². The van der Waals surface area contributed by atoms with Crippen LogP contribution in [0.5, 0.6) is 0 Å². The summed E-state index contributed by atoms with van der Waals surface area (Å²) in [5.41, 5.74) is 0.171. The molecule has 2 atom stereocenters. The van der Waals surface area contributed by atoms with Crippen LogP contribution < -0.4 is 4.90 Å². The van der Waals surface area contributed by atoms with Crippen molar-refractivity contribution < 1.29 is 23.6 Å². The fraction of sp³-hybridized carbons (Fsp3) is 0.667.